The molecule has 0 bridgehead atoms. The van der Waals surface area contributed by atoms with Crippen LogP contribution in [-0.4, -0.2) is 87.5 Å². The summed E-state index contributed by atoms with van der Waals surface area (Å²) in [5, 5.41) is 54.0. The van der Waals surface area contributed by atoms with Crippen LogP contribution in [0.1, 0.15) is 194 Å². The number of hydrogen-bond donors (Lipinski definition) is 6. The smallest absolute Gasteiger partial charge is 0.220 e. The third-order valence-corrected chi connectivity index (χ3v) is 10.4. The van der Waals surface area contributed by atoms with E-state index in [1.165, 1.54) is 135 Å². The van der Waals surface area contributed by atoms with E-state index in [9.17, 15) is 30.3 Å². The van der Waals surface area contributed by atoms with Crippen LogP contribution in [0.2, 0.25) is 0 Å². The molecular weight excluding hydrogens is 646 g/mol. The second kappa shape index (κ2) is 33.5. The number of nitrogens with one attached hydrogen (secondary N) is 1. The summed E-state index contributed by atoms with van der Waals surface area (Å²) < 4.78 is 11.2. The first-order chi connectivity index (χ1) is 24.8. The maximum atomic E-state index is 12.9. The number of rotatable bonds is 35. The molecule has 51 heavy (non-hydrogen) atoms. The number of aliphatic hydroxyl groups is 5. The molecule has 0 saturated carbocycles. The van der Waals surface area contributed by atoms with Gasteiger partial charge in [0.2, 0.25) is 5.91 Å². The highest BCUT2D eigenvalue weighted by atomic mass is 16.7. The number of aliphatic hydroxyl groups excluding tert-OH is 5. The molecule has 9 heteroatoms. The van der Waals surface area contributed by atoms with Gasteiger partial charge in [0.1, 0.15) is 24.4 Å². The molecule has 1 heterocycles. The maximum Gasteiger partial charge on any atom is 0.220 e. The Labute approximate surface area is 312 Å². The van der Waals surface area contributed by atoms with Crippen LogP contribution in [0.5, 0.6) is 0 Å². The van der Waals surface area contributed by atoms with Crippen molar-refractivity contribution in [3.8, 4) is 0 Å². The first-order valence-electron chi connectivity index (χ1n) is 21.4. The fourth-order valence-corrected chi connectivity index (χ4v) is 6.86. The topological polar surface area (TPSA) is 149 Å². The molecular formula is C42H81NO8. The Morgan fingerprint density at radius 2 is 1.08 bits per heavy atom. The molecule has 7 atom stereocenters. The first kappa shape index (κ1) is 48.0. The first-order valence-corrected chi connectivity index (χ1v) is 21.4. The van der Waals surface area contributed by atoms with Crippen LogP contribution in [0.25, 0.3) is 0 Å². The van der Waals surface area contributed by atoms with E-state index in [2.05, 4.69) is 19.2 Å². The van der Waals surface area contributed by atoms with Crippen molar-refractivity contribution >= 4 is 5.91 Å². The highest BCUT2D eigenvalue weighted by Crippen LogP contribution is 2.22. The number of ether oxygens (including phenoxy) is 2. The molecule has 1 saturated heterocycles. The van der Waals surface area contributed by atoms with Gasteiger partial charge in [0.05, 0.1) is 25.4 Å². The molecule has 1 fully saturated rings. The van der Waals surface area contributed by atoms with Gasteiger partial charge in [-0.1, -0.05) is 180 Å². The second-order valence-electron chi connectivity index (χ2n) is 15.1. The van der Waals surface area contributed by atoms with Crippen molar-refractivity contribution in [1.29, 1.82) is 0 Å². The van der Waals surface area contributed by atoms with E-state index < -0.39 is 49.5 Å². The minimum absolute atomic E-state index is 0.176. The molecule has 0 aromatic carbocycles. The lowest BCUT2D eigenvalue weighted by molar-refractivity contribution is -0.302. The van der Waals surface area contributed by atoms with Gasteiger partial charge < -0.3 is 40.3 Å². The van der Waals surface area contributed by atoms with Gasteiger partial charge >= 0.3 is 0 Å². The Balaban J connectivity index is 2.36. The fraction of sp³-hybridized carbons (Fsp3) is 0.929. The minimum Gasteiger partial charge on any atom is -0.394 e. The Morgan fingerprint density at radius 1 is 0.647 bits per heavy atom. The lowest BCUT2D eigenvalue weighted by atomic mass is 9.99. The standard InChI is InChI=1S/C42H81NO8/c1-3-5-7-9-11-13-15-16-17-18-19-20-22-24-26-28-30-32-38(46)43-35(34-50-42-41(49)40(48)39(47)37(33-44)51-42)36(45)31-29-27-25-23-21-14-12-10-8-6-4-2/h29,31,35-37,39-42,44-45,47-49H,3-28,30,32-34H2,1-2H3,(H,43,46)/b31-29+. The lowest BCUT2D eigenvalue weighted by Crippen LogP contribution is -2.60. The summed E-state index contributed by atoms with van der Waals surface area (Å²) in [7, 11) is 0. The van der Waals surface area contributed by atoms with Gasteiger partial charge in [0.25, 0.3) is 0 Å². The maximum absolute atomic E-state index is 12.9. The SMILES string of the molecule is CCCCCCCCCCC/C=C/C(O)C(COC1OC(CO)C(O)C(O)C1O)NC(=O)CCCCCCCCCCCCCCCCCCC. The van der Waals surface area contributed by atoms with E-state index in [0.717, 1.165) is 38.5 Å². The summed E-state index contributed by atoms with van der Waals surface area (Å²) in [4.78, 5) is 12.9. The van der Waals surface area contributed by atoms with Gasteiger partial charge in [-0.25, -0.2) is 0 Å². The van der Waals surface area contributed by atoms with E-state index >= 15 is 0 Å². The van der Waals surface area contributed by atoms with Crippen LogP contribution in [0.4, 0.5) is 0 Å². The Morgan fingerprint density at radius 3 is 1.53 bits per heavy atom. The van der Waals surface area contributed by atoms with E-state index in [1.807, 2.05) is 6.08 Å². The van der Waals surface area contributed by atoms with Crippen LogP contribution < -0.4 is 5.32 Å². The summed E-state index contributed by atoms with van der Waals surface area (Å²) in [6.07, 6.45) is 29.7. The molecule has 1 aliphatic rings. The van der Waals surface area contributed by atoms with Gasteiger partial charge in [-0.3, -0.25) is 4.79 Å². The molecule has 1 amide bonds. The van der Waals surface area contributed by atoms with Crippen molar-refractivity contribution in [2.24, 2.45) is 0 Å². The number of unbranched alkanes of at least 4 members (excludes halogenated alkanes) is 25. The minimum atomic E-state index is -1.56. The molecule has 302 valence electrons. The quantitative estimate of drug-likeness (QED) is 0.0283. The van der Waals surface area contributed by atoms with Crippen molar-refractivity contribution in [2.75, 3.05) is 13.2 Å². The Bertz CT molecular complexity index is 812. The zero-order valence-electron chi connectivity index (χ0n) is 32.9. The predicted molar refractivity (Wildman–Crippen MR) is 207 cm³/mol. The molecule has 9 nitrogen and oxygen atoms in total. The Kier molecular flexibility index (Phi) is 31.5. The van der Waals surface area contributed by atoms with Gasteiger partial charge in [0.15, 0.2) is 6.29 Å². The predicted octanol–water partition coefficient (Wildman–Crippen LogP) is 8.17. The van der Waals surface area contributed by atoms with Crippen LogP contribution in [0, 0.1) is 0 Å². The fourth-order valence-electron chi connectivity index (χ4n) is 6.86. The van der Waals surface area contributed by atoms with Gasteiger partial charge in [-0.05, 0) is 19.3 Å². The van der Waals surface area contributed by atoms with E-state index in [4.69, 9.17) is 9.47 Å². The number of carbonyl (C=O) groups excluding carboxylic acids is 1. The highest BCUT2D eigenvalue weighted by molar-refractivity contribution is 5.76. The van der Waals surface area contributed by atoms with Gasteiger partial charge in [0, 0.05) is 6.42 Å². The van der Waals surface area contributed by atoms with Crippen LogP contribution >= 0.6 is 0 Å². The third-order valence-electron chi connectivity index (χ3n) is 10.4. The van der Waals surface area contributed by atoms with Crippen molar-refractivity contribution in [3.05, 3.63) is 12.2 Å². The van der Waals surface area contributed by atoms with E-state index in [1.54, 1.807) is 6.08 Å². The zero-order chi connectivity index (χ0) is 37.4. The molecule has 0 aromatic heterocycles. The monoisotopic (exact) mass is 728 g/mol. The molecule has 0 radical (unpaired) electrons. The molecule has 0 spiro atoms. The number of hydrogen-bond acceptors (Lipinski definition) is 8. The zero-order valence-corrected chi connectivity index (χ0v) is 32.9. The van der Waals surface area contributed by atoms with Crippen LogP contribution in [0.15, 0.2) is 12.2 Å². The second-order valence-corrected chi connectivity index (χ2v) is 15.1. The number of amides is 1. The van der Waals surface area contributed by atoms with Crippen molar-refractivity contribution < 1.29 is 39.8 Å². The largest absolute Gasteiger partial charge is 0.394 e. The number of allylic oxidation sites excluding steroid dienone is 1. The van der Waals surface area contributed by atoms with Crippen LogP contribution in [0.3, 0.4) is 0 Å². The number of carbonyl (C=O) groups is 1. The van der Waals surface area contributed by atoms with E-state index in [0.29, 0.717) is 6.42 Å². The molecule has 6 N–H and O–H groups in total. The summed E-state index contributed by atoms with van der Waals surface area (Å²) in [5.41, 5.74) is 0. The van der Waals surface area contributed by atoms with Gasteiger partial charge in [-0.2, -0.15) is 0 Å². The molecule has 7 unspecified atom stereocenters. The summed E-state index contributed by atoms with van der Waals surface area (Å²) in [5.74, 6) is -0.176. The normalized spacial score (nSPS) is 22.1. The molecule has 0 aromatic rings. The summed E-state index contributed by atoms with van der Waals surface area (Å²) >= 11 is 0. The van der Waals surface area contributed by atoms with Crippen molar-refractivity contribution in [3.63, 3.8) is 0 Å². The van der Waals surface area contributed by atoms with Crippen LogP contribution in [-0.2, 0) is 14.3 Å². The third kappa shape index (κ3) is 24.8. The Hall–Kier alpha value is -1.07. The average Bonchev–Trinajstić information content (AvgIpc) is 3.13. The van der Waals surface area contributed by atoms with Crippen molar-refractivity contribution in [1.82, 2.24) is 5.32 Å². The molecule has 1 rings (SSSR count). The molecule has 1 aliphatic heterocycles. The highest BCUT2D eigenvalue weighted by Gasteiger charge is 2.44. The lowest BCUT2D eigenvalue weighted by Gasteiger charge is -2.40. The average molecular weight is 728 g/mol. The van der Waals surface area contributed by atoms with Crippen molar-refractivity contribution in [2.45, 2.75) is 236 Å². The summed E-state index contributed by atoms with van der Waals surface area (Å²) in [6, 6.07) is -0.796. The summed E-state index contributed by atoms with van der Waals surface area (Å²) in [6.45, 7) is 3.76. The molecule has 0 aliphatic carbocycles. The van der Waals surface area contributed by atoms with E-state index in [-0.39, 0.29) is 12.5 Å². The van der Waals surface area contributed by atoms with Gasteiger partial charge in [-0.15, -0.1) is 0 Å².